The Balaban J connectivity index is 2.10. The number of pyridine rings is 1. The van der Waals surface area contributed by atoms with Crippen molar-refractivity contribution in [3.63, 3.8) is 0 Å². The number of aromatic nitrogens is 5. The zero-order valence-electron chi connectivity index (χ0n) is 10.2. The largest absolute Gasteiger partial charge is 0.323 e. The van der Waals surface area contributed by atoms with E-state index in [-0.39, 0.29) is 0 Å². The van der Waals surface area contributed by atoms with E-state index in [1.54, 1.807) is 6.20 Å². The maximum atomic E-state index is 4.50. The van der Waals surface area contributed by atoms with Crippen LogP contribution in [-0.4, -0.2) is 25.1 Å². The second-order valence-electron chi connectivity index (χ2n) is 4.06. The lowest BCUT2D eigenvalue weighted by atomic mass is 10.3. The summed E-state index contributed by atoms with van der Waals surface area (Å²) in [4.78, 5) is 13.2. The first-order valence-electron chi connectivity index (χ1n) is 5.73. The molecule has 3 rings (SSSR count). The molecule has 2 N–H and O–H groups in total. The summed E-state index contributed by atoms with van der Waals surface area (Å²) < 4.78 is 0.735. The quantitative estimate of drug-likeness (QED) is 0.551. The van der Waals surface area contributed by atoms with Gasteiger partial charge in [0.05, 0.1) is 9.81 Å². The fourth-order valence-corrected chi connectivity index (χ4v) is 2.11. The van der Waals surface area contributed by atoms with Crippen molar-refractivity contribution in [3.8, 4) is 0 Å². The SMILES string of the molecule is Cc1cc(Nc2nc(CI)nc3ncccc23)n[nH]1. The second-order valence-corrected chi connectivity index (χ2v) is 4.82. The molecule has 0 bridgehead atoms. The molecule has 0 saturated heterocycles. The second kappa shape index (κ2) is 5.08. The summed E-state index contributed by atoms with van der Waals surface area (Å²) in [5, 5.41) is 11.1. The van der Waals surface area contributed by atoms with Gasteiger partial charge in [-0.25, -0.2) is 15.0 Å². The molecule has 96 valence electrons. The number of fused-ring (bicyclic) bond motifs is 1. The van der Waals surface area contributed by atoms with Crippen molar-refractivity contribution < 1.29 is 0 Å². The van der Waals surface area contributed by atoms with Crippen LogP contribution in [0.1, 0.15) is 11.5 Å². The minimum absolute atomic E-state index is 0.693. The van der Waals surface area contributed by atoms with Crippen molar-refractivity contribution in [2.75, 3.05) is 5.32 Å². The molecule has 0 spiro atoms. The predicted octanol–water partition coefficient (Wildman–Crippen LogP) is 2.73. The molecule has 0 fully saturated rings. The van der Waals surface area contributed by atoms with E-state index < -0.39 is 0 Å². The highest BCUT2D eigenvalue weighted by Crippen LogP contribution is 2.22. The number of rotatable bonds is 3. The van der Waals surface area contributed by atoms with E-state index in [1.807, 2.05) is 25.1 Å². The van der Waals surface area contributed by atoms with Crippen molar-refractivity contribution in [2.24, 2.45) is 0 Å². The zero-order chi connectivity index (χ0) is 13.2. The fourth-order valence-electron chi connectivity index (χ4n) is 1.77. The van der Waals surface area contributed by atoms with Gasteiger partial charge in [0, 0.05) is 18.0 Å². The summed E-state index contributed by atoms with van der Waals surface area (Å²) in [5.41, 5.74) is 1.69. The van der Waals surface area contributed by atoms with Gasteiger partial charge >= 0.3 is 0 Å². The zero-order valence-corrected chi connectivity index (χ0v) is 12.3. The van der Waals surface area contributed by atoms with Crippen molar-refractivity contribution in [3.05, 3.63) is 35.9 Å². The highest BCUT2D eigenvalue weighted by Gasteiger charge is 2.09. The first kappa shape index (κ1) is 12.3. The van der Waals surface area contributed by atoms with Crippen LogP contribution in [0.3, 0.4) is 0 Å². The van der Waals surface area contributed by atoms with Crippen LogP contribution in [0.5, 0.6) is 0 Å². The Morgan fingerprint density at radius 3 is 3.00 bits per heavy atom. The average molecular weight is 366 g/mol. The van der Waals surface area contributed by atoms with Gasteiger partial charge in [-0.1, -0.05) is 22.6 Å². The molecule has 3 heterocycles. The van der Waals surface area contributed by atoms with Crippen molar-refractivity contribution in [1.82, 2.24) is 25.1 Å². The van der Waals surface area contributed by atoms with Crippen LogP contribution in [-0.2, 0) is 4.43 Å². The Kier molecular flexibility index (Phi) is 3.28. The maximum Gasteiger partial charge on any atom is 0.165 e. The van der Waals surface area contributed by atoms with Gasteiger partial charge in [-0.2, -0.15) is 5.10 Å². The molecule has 0 saturated carbocycles. The van der Waals surface area contributed by atoms with E-state index in [0.717, 1.165) is 33.0 Å². The summed E-state index contributed by atoms with van der Waals surface area (Å²) in [6.45, 7) is 1.95. The molecule has 0 aliphatic heterocycles. The summed E-state index contributed by atoms with van der Waals surface area (Å²) in [5.74, 6) is 2.22. The van der Waals surface area contributed by atoms with E-state index in [1.165, 1.54) is 0 Å². The number of hydrogen-bond acceptors (Lipinski definition) is 5. The van der Waals surface area contributed by atoms with E-state index in [2.05, 4.69) is 53.1 Å². The van der Waals surface area contributed by atoms with Crippen molar-refractivity contribution in [2.45, 2.75) is 11.4 Å². The van der Waals surface area contributed by atoms with Gasteiger partial charge in [-0.05, 0) is 19.1 Å². The summed E-state index contributed by atoms with van der Waals surface area (Å²) in [6, 6.07) is 5.74. The molecule has 0 atom stereocenters. The molecule has 7 heteroatoms. The van der Waals surface area contributed by atoms with E-state index in [0.29, 0.717) is 5.65 Å². The molecule has 0 aliphatic rings. The maximum absolute atomic E-state index is 4.50. The Morgan fingerprint density at radius 2 is 2.26 bits per heavy atom. The van der Waals surface area contributed by atoms with Crippen LogP contribution in [0.15, 0.2) is 24.4 Å². The Hall–Kier alpha value is -1.77. The monoisotopic (exact) mass is 366 g/mol. The molecule has 19 heavy (non-hydrogen) atoms. The number of hydrogen-bond donors (Lipinski definition) is 2. The number of anilines is 2. The molecule has 0 unspecified atom stereocenters. The molecule has 0 amide bonds. The van der Waals surface area contributed by atoms with Crippen molar-refractivity contribution in [1.29, 1.82) is 0 Å². The molecule has 6 nitrogen and oxygen atoms in total. The highest BCUT2D eigenvalue weighted by molar-refractivity contribution is 14.1. The molecule has 3 aromatic rings. The normalized spacial score (nSPS) is 10.8. The van der Waals surface area contributed by atoms with Crippen LogP contribution in [0, 0.1) is 6.92 Å². The van der Waals surface area contributed by atoms with Crippen LogP contribution in [0.4, 0.5) is 11.6 Å². The van der Waals surface area contributed by atoms with Gasteiger partial charge in [0.2, 0.25) is 0 Å². The Morgan fingerprint density at radius 1 is 1.37 bits per heavy atom. The topological polar surface area (TPSA) is 79.4 Å². The van der Waals surface area contributed by atoms with Crippen LogP contribution < -0.4 is 5.32 Å². The third-order valence-electron chi connectivity index (χ3n) is 2.59. The minimum atomic E-state index is 0.693. The molecular formula is C12H11IN6. The average Bonchev–Trinajstić information content (AvgIpc) is 2.84. The van der Waals surface area contributed by atoms with E-state index in [9.17, 15) is 0 Å². The number of alkyl halides is 1. The predicted molar refractivity (Wildman–Crippen MR) is 81.7 cm³/mol. The summed E-state index contributed by atoms with van der Waals surface area (Å²) in [6.07, 6.45) is 1.73. The number of halogens is 1. The van der Waals surface area contributed by atoms with Gasteiger partial charge in [-0.3, -0.25) is 5.10 Å². The fraction of sp³-hybridized carbons (Fsp3) is 0.167. The standard InChI is InChI=1S/C12H11IN6/c1-7-5-9(19-18-7)15-12-8-3-2-4-14-11(8)16-10(6-13)17-12/h2-5H,6H2,1H3,(H2,14,15,16,17,18,19). The lowest BCUT2D eigenvalue weighted by Gasteiger charge is -2.07. The smallest absolute Gasteiger partial charge is 0.165 e. The van der Waals surface area contributed by atoms with Crippen molar-refractivity contribution >= 4 is 45.3 Å². The Labute approximate surface area is 123 Å². The van der Waals surface area contributed by atoms with Gasteiger partial charge in [0.1, 0.15) is 11.6 Å². The van der Waals surface area contributed by atoms with Gasteiger partial charge in [0.25, 0.3) is 0 Å². The summed E-state index contributed by atoms with van der Waals surface area (Å²) >= 11 is 2.24. The minimum Gasteiger partial charge on any atom is -0.323 e. The third kappa shape index (κ3) is 2.50. The van der Waals surface area contributed by atoms with Crippen LogP contribution in [0.2, 0.25) is 0 Å². The number of nitrogens with zero attached hydrogens (tertiary/aromatic N) is 4. The first-order chi connectivity index (χ1) is 9.26. The number of aryl methyl sites for hydroxylation is 1. The Bertz CT molecular complexity index is 723. The highest BCUT2D eigenvalue weighted by atomic mass is 127. The van der Waals surface area contributed by atoms with Gasteiger partial charge in [0.15, 0.2) is 11.5 Å². The lowest BCUT2D eigenvalue weighted by molar-refractivity contribution is 1.04. The first-order valence-corrected chi connectivity index (χ1v) is 7.25. The molecular weight excluding hydrogens is 355 g/mol. The van der Waals surface area contributed by atoms with E-state index in [4.69, 9.17) is 0 Å². The van der Waals surface area contributed by atoms with Crippen LogP contribution in [0.25, 0.3) is 11.0 Å². The van der Waals surface area contributed by atoms with Gasteiger partial charge < -0.3 is 5.32 Å². The third-order valence-corrected chi connectivity index (χ3v) is 3.27. The lowest BCUT2D eigenvalue weighted by Crippen LogP contribution is -2.01. The number of aromatic amines is 1. The molecule has 0 radical (unpaired) electrons. The number of nitrogens with one attached hydrogen (secondary N) is 2. The molecule has 0 aliphatic carbocycles. The van der Waals surface area contributed by atoms with E-state index >= 15 is 0 Å². The van der Waals surface area contributed by atoms with Crippen LogP contribution >= 0.6 is 22.6 Å². The molecule has 0 aromatic carbocycles. The number of H-pyrrole nitrogens is 1. The molecule has 3 aromatic heterocycles. The summed E-state index contributed by atoms with van der Waals surface area (Å²) in [7, 11) is 0. The van der Waals surface area contributed by atoms with Gasteiger partial charge in [-0.15, -0.1) is 0 Å².